The summed E-state index contributed by atoms with van der Waals surface area (Å²) in [4.78, 5) is 25.0. The van der Waals surface area contributed by atoms with E-state index in [9.17, 15) is 18.0 Å². The molecule has 1 atom stereocenters. The van der Waals surface area contributed by atoms with Gasteiger partial charge in [0.2, 0.25) is 5.95 Å². The molecule has 1 saturated heterocycles. The summed E-state index contributed by atoms with van der Waals surface area (Å²) in [6.45, 7) is 3.86. The molecule has 2 aromatic carbocycles. The number of benzene rings is 2. The number of carbonyl (C=O) groups excluding carboxylic acids is 1. The monoisotopic (exact) mass is 506 g/mol. The van der Waals surface area contributed by atoms with Crippen LogP contribution in [-0.4, -0.2) is 53.6 Å². The molecule has 1 fully saturated rings. The first-order chi connectivity index (χ1) is 16.5. The molecular weight excluding hydrogens is 481 g/mol. The van der Waals surface area contributed by atoms with Gasteiger partial charge >= 0.3 is 5.97 Å². The van der Waals surface area contributed by atoms with Crippen LogP contribution in [0.1, 0.15) is 34.9 Å². The molecule has 3 aromatic rings. The van der Waals surface area contributed by atoms with Crippen LogP contribution in [0.25, 0.3) is 0 Å². The van der Waals surface area contributed by atoms with E-state index in [2.05, 4.69) is 14.9 Å². The number of aromatic nitrogens is 2. The summed E-state index contributed by atoms with van der Waals surface area (Å²) < 4.78 is 45.3. The fourth-order valence-electron chi connectivity index (χ4n) is 3.89. The normalized spacial score (nSPS) is 14.8. The predicted octanol–water partition coefficient (Wildman–Crippen LogP) is 4.82. The highest BCUT2D eigenvalue weighted by atomic mass is 35.5. The largest absolute Gasteiger partial charge is 0.454 e. The zero-order valence-electron chi connectivity index (χ0n) is 18.9. The smallest absolute Gasteiger partial charge is 0.338 e. The van der Waals surface area contributed by atoms with Crippen LogP contribution >= 0.6 is 12.4 Å². The van der Waals surface area contributed by atoms with Crippen molar-refractivity contribution in [2.45, 2.75) is 18.9 Å². The molecule has 6 nitrogen and oxygen atoms in total. The van der Waals surface area contributed by atoms with Crippen LogP contribution in [-0.2, 0) is 4.74 Å². The first-order valence-electron chi connectivity index (χ1n) is 11.1. The summed E-state index contributed by atoms with van der Waals surface area (Å²) in [6.07, 6.45) is 3.09. The summed E-state index contributed by atoms with van der Waals surface area (Å²) >= 11 is 0. The molecule has 0 bridgehead atoms. The molecule has 4 rings (SSSR count). The Labute approximate surface area is 208 Å². The van der Waals surface area contributed by atoms with E-state index in [1.165, 1.54) is 36.4 Å². The van der Waals surface area contributed by atoms with E-state index in [0.29, 0.717) is 17.9 Å². The minimum atomic E-state index is -0.553. The Bertz CT molecular complexity index is 1080. The summed E-state index contributed by atoms with van der Waals surface area (Å²) in [5.41, 5.74) is 0.961. The molecule has 0 amide bonds. The number of carbonyl (C=O) groups is 1. The Kier molecular flexibility index (Phi) is 9.45. The Balaban J connectivity index is 0.00000342. The number of hydrogen-bond donors (Lipinski definition) is 0. The zero-order valence-corrected chi connectivity index (χ0v) is 19.8. The van der Waals surface area contributed by atoms with Crippen molar-refractivity contribution in [2.75, 3.05) is 37.6 Å². The second kappa shape index (κ2) is 12.5. The van der Waals surface area contributed by atoms with E-state index >= 15 is 0 Å². The molecule has 0 spiro atoms. The van der Waals surface area contributed by atoms with Crippen LogP contribution in [0, 0.1) is 17.5 Å². The Morgan fingerprint density at radius 3 is 2.03 bits per heavy atom. The van der Waals surface area contributed by atoms with Crippen molar-refractivity contribution in [3.05, 3.63) is 89.5 Å². The Hall–Kier alpha value is -3.17. The van der Waals surface area contributed by atoms with Gasteiger partial charge in [-0.2, -0.15) is 0 Å². The summed E-state index contributed by atoms with van der Waals surface area (Å²) in [5, 5.41) is 0. The number of hydrogen-bond acceptors (Lipinski definition) is 6. The van der Waals surface area contributed by atoms with E-state index in [0.717, 1.165) is 51.5 Å². The summed E-state index contributed by atoms with van der Waals surface area (Å²) in [7, 11) is 0. The average Bonchev–Trinajstić information content (AvgIpc) is 2.85. The van der Waals surface area contributed by atoms with E-state index in [-0.39, 0.29) is 23.8 Å². The van der Waals surface area contributed by atoms with Crippen molar-refractivity contribution in [2.24, 2.45) is 0 Å². The maximum atomic E-state index is 13.4. The third kappa shape index (κ3) is 7.40. The lowest BCUT2D eigenvalue weighted by Gasteiger charge is -2.34. The van der Waals surface area contributed by atoms with Gasteiger partial charge in [0.1, 0.15) is 17.7 Å². The molecule has 1 aliphatic heterocycles. The van der Waals surface area contributed by atoms with Gasteiger partial charge in [0.25, 0.3) is 0 Å². The van der Waals surface area contributed by atoms with Gasteiger partial charge < -0.3 is 9.64 Å². The summed E-state index contributed by atoms with van der Waals surface area (Å²) in [5.74, 6) is -1.29. The van der Waals surface area contributed by atoms with Crippen LogP contribution in [0.3, 0.4) is 0 Å². The molecule has 35 heavy (non-hydrogen) atoms. The Morgan fingerprint density at radius 1 is 0.857 bits per heavy atom. The van der Waals surface area contributed by atoms with Crippen LogP contribution < -0.4 is 4.90 Å². The SMILES string of the molecule is Cl.O=C(OC(CCCN1CCN(c2ncc(F)cn2)CC1)c1ccc(F)cc1)c1ccc(F)cc1. The predicted molar refractivity (Wildman–Crippen MR) is 128 cm³/mol. The van der Waals surface area contributed by atoms with Crippen molar-refractivity contribution < 1.29 is 22.7 Å². The van der Waals surface area contributed by atoms with Crippen LogP contribution in [0.5, 0.6) is 0 Å². The van der Waals surface area contributed by atoms with Gasteiger partial charge in [-0.15, -0.1) is 12.4 Å². The minimum absolute atomic E-state index is 0. The lowest BCUT2D eigenvalue weighted by Crippen LogP contribution is -2.47. The van der Waals surface area contributed by atoms with E-state index in [4.69, 9.17) is 4.74 Å². The lowest BCUT2D eigenvalue weighted by atomic mass is 10.0. The van der Waals surface area contributed by atoms with E-state index < -0.39 is 23.7 Å². The standard InChI is InChI=1S/C25H25F3N4O2.ClH/c26-20-7-3-18(4-8-20)23(34-24(33)19-5-9-21(27)10-6-19)2-1-11-31-12-14-32(15-13-31)25-29-16-22(28)17-30-25;/h3-10,16-17,23H,1-2,11-15H2;1H. The molecule has 1 aromatic heterocycles. The minimum Gasteiger partial charge on any atom is -0.454 e. The van der Waals surface area contributed by atoms with Crippen LogP contribution in [0.4, 0.5) is 19.1 Å². The van der Waals surface area contributed by atoms with Gasteiger partial charge in [0.15, 0.2) is 5.82 Å². The molecule has 0 N–H and O–H groups in total. The summed E-state index contributed by atoms with van der Waals surface area (Å²) in [6, 6.07) is 11.1. The topological polar surface area (TPSA) is 58.6 Å². The number of nitrogens with zero attached hydrogens (tertiary/aromatic N) is 4. The molecule has 0 radical (unpaired) electrons. The quantitative estimate of drug-likeness (QED) is 0.408. The highest BCUT2D eigenvalue weighted by Gasteiger charge is 2.21. The Morgan fingerprint density at radius 2 is 1.43 bits per heavy atom. The van der Waals surface area contributed by atoms with Gasteiger partial charge in [-0.25, -0.2) is 27.9 Å². The third-order valence-electron chi connectivity index (χ3n) is 5.77. The maximum absolute atomic E-state index is 13.4. The molecule has 1 aliphatic rings. The maximum Gasteiger partial charge on any atom is 0.338 e. The zero-order chi connectivity index (χ0) is 23.9. The van der Waals surface area contributed by atoms with Gasteiger partial charge in [0, 0.05) is 26.2 Å². The number of esters is 1. The van der Waals surface area contributed by atoms with Crippen molar-refractivity contribution in [3.63, 3.8) is 0 Å². The molecule has 1 unspecified atom stereocenters. The van der Waals surface area contributed by atoms with Crippen molar-refractivity contribution in [1.29, 1.82) is 0 Å². The third-order valence-corrected chi connectivity index (χ3v) is 5.77. The van der Waals surface area contributed by atoms with E-state index in [1.54, 1.807) is 12.1 Å². The fourth-order valence-corrected chi connectivity index (χ4v) is 3.89. The van der Waals surface area contributed by atoms with Crippen LogP contribution in [0.2, 0.25) is 0 Å². The highest BCUT2D eigenvalue weighted by molar-refractivity contribution is 5.89. The van der Waals surface area contributed by atoms with Gasteiger partial charge in [-0.05, 0) is 61.3 Å². The molecular formula is C25H26ClF3N4O2. The number of anilines is 1. The molecule has 2 heterocycles. The fraction of sp³-hybridized carbons (Fsp3) is 0.320. The lowest BCUT2D eigenvalue weighted by molar-refractivity contribution is 0.0265. The van der Waals surface area contributed by atoms with Crippen LogP contribution in [0.15, 0.2) is 60.9 Å². The number of halogens is 4. The number of ether oxygens (including phenoxy) is 1. The molecule has 0 saturated carbocycles. The molecule has 0 aliphatic carbocycles. The second-order valence-electron chi connectivity index (χ2n) is 8.12. The first kappa shape index (κ1) is 26.4. The second-order valence-corrected chi connectivity index (χ2v) is 8.12. The van der Waals surface area contributed by atoms with Gasteiger partial charge in [0.05, 0.1) is 18.0 Å². The molecule has 10 heteroatoms. The van der Waals surface area contributed by atoms with Crippen molar-refractivity contribution >= 4 is 24.3 Å². The highest BCUT2D eigenvalue weighted by Crippen LogP contribution is 2.25. The van der Waals surface area contributed by atoms with E-state index in [1.807, 2.05) is 4.90 Å². The number of piperazine rings is 1. The molecule has 186 valence electrons. The van der Waals surface area contributed by atoms with Gasteiger partial charge in [-0.1, -0.05) is 12.1 Å². The first-order valence-corrected chi connectivity index (χ1v) is 11.1. The average molecular weight is 507 g/mol. The number of rotatable bonds is 8. The van der Waals surface area contributed by atoms with Crippen molar-refractivity contribution in [1.82, 2.24) is 14.9 Å². The van der Waals surface area contributed by atoms with Crippen molar-refractivity contribution in [3.8, 4) is 0 Å². The van der Waals surface area contributed by atoms with Gasteiger partial charge in [-0.3, -0.25) is 4.90 Å².